The van der Waals surface area contributed by atoms with Crippen molar-refractivity contribution in [2.24, 2.45) is 0 Å². The van der Waals surface area contributed by atoms with E-state index in [-0.39, 0.29) is 23.3 Å². The monoisotopic (exact) mass is 259 g/mol. The smallest absolute Gasteiger partial charge is 0.260 e. The number of hydrogen-bond acceptors (Lipinski definition) is 3. The molecule has 1 heterocycles. The fourth-order valence-corrected chi connectivity index (χ4v) is 1.70. The van der Waals surface area contributed by atoms with Crippen molar-refractivity contribution in [1.82, 2.24) is 4.90 Å². The maximum atomic E-state index is 12.7. The average Bonchev–Trinajstić information content (AvgIpc) is 2.23. The van der Waals surface area contributed by atoms with Crippen molar-refractivity contribution < 1.29 is 19.0 Å². The van der Waals surface area contributed by atoms with E-state index in [0.717, 1.165) is 6.07 Å². The van der Waals surface area contributed by atoms with Gasteiger partial charge < -0.3 is 14.7 Å². The summed E-state index contributed by atoms with van der Waals surface area (Å²) in [7, 11) is 0. The van der Waals surface area contributed by atoms with Crippen LogP contribution in [0.1, 0.15) is 0 Å². The first-order chi connectivity index (χ1) is 8.06. The Bertz CT molecular complexity index is 435. The molecule has 1 N–H and O–H groups in total. The fourth-order valence-electron chi connectivity index (χ4n) is 1.48. The van der Waals surface area contributed by atoms with Crippen LogP contribution in [-0.2, 0) is 4.79 Å². The molecule has 0 saturated carbocycles. The van der Waals surface area contributed by atoms with Crippen molar-refractivity contribution in [3.05, 3.63) is 29.0 Å². The van der Waals surface area contributed by atoms with Crippen molar-refractivity contribution in [3.8, 4) is 5.75 Å². The standard InChI is InChI=1S/C11H11ClFNO3/c12-9-3-7(13)1-2-10(9)17-6-11(16)14-4-8(15)5-14/h1-3,8,15H,4-6H2. The quantitative estimate of drug-likeness (QED) is 0.883. The molecule has 1 aliphatic rings. The van der Waals surface area contributed by atoms with Crippen LogP contribution in [0.15, 0.2) is 18.2 Å². The number of amides is 1. The Hall–Kier alpha value is -1.33. The van der Waals surface area contributed by atoms with Crippen molar-refractivity contribution in [3.63, 3.8) is 0 Å². The van der Waals surface area contributed by atoms with E-state index in [1.807, 2.05) is 0 Å². The minimum atomic E-state index is -0.459. The predicted molar refractivity (Wildman–Crippen MR) is 59.5 cm³/mol. The van der Waals surface area contributed by atoms with E-state index in [0.29, 0.717) is 13.1 Å². The predicted octanol–water partition coefficient (Wildman–Crippen LogP) is 1.06. The van der Waals surface area contributed by atoms with E-state index in [9.17, 15) is 9.18 Å². The molecule has 0 aliphatic carbocycles. The number of nitrogens with zero attached hydrogens (tertiary/aromatic N) is 1. The molecule has 6 heteroatoms. The first-order valence-electron chi connectivity index (χ1n) is 5.10. The zero-order chi connectivity index (χ0) is 12.4. The Morgan fingerprint density at radius 3 is 2.88 bits per heavy atom. The number of carbonyl (C=O) groups excluding carboxylic acids is 1. The van der Waals surface area contributed by atoms with Gasteiger partial charge in [-0.3, -0.25) is 4.79 Å². The second kappa shape index (κ2) is 4.89. The van der Waals surface area contributed by atoms with Gasteiger partial charge in [0.05, 0.1) is 11.1 Å². The second-order valence-corrected chi connectivity index (χ2v) is 4.22. The van der Waals surface area contributed by atoms with Crippen LogP contribution in [0.4, 0.5) is 4.39 Å². The van der Waals surface area contributed by atoms with E-state index in [1.54, 1.807) is 0 Å². The Balaban J connectivity index is 1.87. The van der Waals surface area contributed by atoms with Gasteiger partial charge >= 0.3 is 0 Å². The number of aliphatic hydroxyl groups is 1. The van der Waals surface area contributed by atoms with Crippen LogP contribution in [0.5, 0.6) is 5.75 Å². The molecule has 0 radical (unpaired) electrons. The maximum Gasteiger partial charge on any atom is 0.260 e. The Kier molecular flexibility index (Phi) is 3.49. The van der Waals surface area contributed by atoms with E-state index >= 15 is 0 Å². The summed E-state index contributed by atoms with van der Waals surface area (Å²) < 4.78 is 17.9. The lowest BCUT2D eigenvalue weighted by Crippen LogP contribution is -2.54. The molecule has 0 atom stereocenters. The van der Waals surface area contributed by atoms with Gasteiger partial charge in [-0.25, -0.2) is 4.39 Å². The molecule has 4 nitrogen and oxygen atoms in total. The zero-order valence-electron chi connectivity index (χ0n) is 8.90. The van der Waals surface area contributed by atoms with Crippen molar-refractivity contribution in [2.45, 2.75) is 6.10 Å². The molecule has 0 aromatic heterocycles. The Morgan fingerprint density at radius 1 is 1.59 bits per heavy atom. The lowest BCUT2D eigenvalue weighted by Gasteiger charge is -2.35. The number of likely N-dealkylation sites (tertiary alicyclic amines) is 1. The molecule has 1 aromatic carbocycles. The summed E-state index contributed by atoms with van der Waals surface area (Å²) >= 11 is 5.73. The molecular weight excluding hydrogens is 249 g/mol. The number of halogens is 2. The van der Waals surface area contributed by atoms with Crippen LogP contribution < -0.4 is 4.74 Å². The normalized spacial score (nSPS) is 15.6. The van der Waals surface area contributed by atoms with E-state index in [4.69, 9.17) is 21.4 Å². The topological polar surface area (TPSA) is 49.8 Å². The van der Waals surface area contributed by atoms with E-state index < -0.39 is 11.9 Å². The highest BCUT2D eigenvalue weighted by Crippen LogP contribution is 2.24. The Morgan fingerprint density at radius 2 is 2.29 bits per heavy atom. The highest BCUT2D eigenvalue weighted by molar-refractivity contribution is 6.32. The highest BCUT2D eigenvalue weighted by atomic mass is 35.5. The highest BCUT2D eigenvalue weighted by Gasteiger charge is 2.28. The van der Waals surface area contributed by atoms with Gasteiger partial charge in [-0.1, -0.05) is 11.6 Å². The van der Waals surface area contributed by atoms with Crippen LogP contribution in [0.2, 0.25) is 5.02 Å². The van der Waals surface area contributed by atoms with Gasteiger partial charge in [0.1, 0.15) is 11.6 Å². The van der Waals surface area contributed by atoms with Gasteiger partial charge in [-0.05, 0) is 18.2 Å². The Labute approximate surface area is 103 Å². The zero-order valence-corrected chi connectivity index (χ0v) is 9.65. The summed E-state index contributed by atoms with van der Waals surface area (Å²) in [6.07, 6.45) is -0.437. The number of hydrogen-bond donors (Lipinski definition) is 1. The summed E-state index contributed by atoms with van der Waals surface area (Å²) in [5.41, 5.74) is 0. The molecule has 92 valence electrons. The van der Waals surface area contributed by atoms with Crippen LogP contribution >= 0.6 is 11.6 Å². The summed E-state index contributed by atoms with van der Waals surface area (Å²) in [5.74, 6) is -0.419. The van der Waals surface area contributed by atoms with Crippen LogP contribution in [0.25, 0.3) is 0 Å². The number of carbonyl (C=O) groups is 1. The molecule has 0 bridgehead atoms. The molecule has 0 spiro atoms. The lowest BCUT2D eigenvalue weighted by molar-refractivity contribution is -0.143. The van der Waals surface area contributed by atoms with Gasteiger partial charge in [0.25, 0.3) is 5.91 Å². The summed E-state index contributed by atoms with van der Waals surface area (Å²) in [4.78, 5) is 13.0. The maximum absolute atomic E-state index is 12.7. The van der Waals surface area contributed by atoms with Crippen molar-refractivity contribution in [1.29, 1.82) is 0 Å². The molecule has 17 heavy (non-hydrogen) atoms. The minimum Gasteiger partial charge on any atom is -0.482 e. The average molecular weight is 260 g/mol. The molecule has 1 aliphatic heterocycles. The molecule has 1 aromatic rings. The molecule has 1 amide bonds. The van der Waals surface area contributed by atoms with E-state index in [2.05, 4.69) is 0 Å². The fraction of sp³-hybridized carbons (Fsp3) is 0.364. The molecule has 2 rings (SSSR count). The number of benzene rings is 1. The SMILES string of the molecule is O=C(COc1ccc(F)cc1Cl)N1CC(O)C1. The van der Waals surface area contributed by atoms with Gasteiger partial charge in [0.2, 0.25) is 0 Å². The first kappa shape index (κ1) is 12.1. The molecule has 1 fully saturated rings. The lowest BCUT2D eigenvalue weighted by atomic mass is 10.2. The van der Waals surface area contributed by atoms with Gasteiger partial charge in [0.15, 0.2) is 6.61 Å². The summed E-state index contributed by atoms with van der Waals surface area (Å²) in [6.45, 7) is 0.497. The van der Waals surface area contributed by atoms with Crippen LogP contribution in [0, 0.1) is 5.82 Å². The van der Waals surface area contributed by atoms with Crippen molar-refractivity contribution in [2.75, 3.05) is 19.7 Å². The van der Waals surface area contributed by atoms with Gasteiger partial charge in [-0.2, -0.15) is 0 Å². The molecule has 1 saturated heterocycles. The van der Waals surface area contributed by atoms with Gasteiger partial charge in [-0.15, -0.1) is 0 Å². The van der Waals surface area contributed by atoms with Crippen LogP contribution in [0.3, 0.4) is 0 Å². The number of rotatable bonds is 3. The number of aliphatic hydroxyl groups excluding tert-OH is 1. The van der Waals surface area contributed by atoms with E-state index in [1.165, 1.54) is 17.0 Å². The first-order valence-corrected chi connectivity index (χ1v) is 5.48. The van der Waals surface area contributed by atoms with Crippen molar-refractivity contribution >= 4 is 17.5 Å². The third-order valence-electron chi connectivity index (χ3n) is 2.46. The minimum absolute atomic E-state index is 0.126. The molecule has 0 unspecified atom stereocenters. The number of ether oxygens (including phenoxy) is 1. The van der Waals surface area contributed by atoms with Gasteiger partial charge in [0, 0.05) is 13.1 Å². The third kappa shape index (κ3) is 2.87. The number of β-amino-alcohol motifs (C(OH)–C–C–N with tert-alkyl or cyclic N) is 1. The molecular formula is C11H11ClFNO3. The largest absolute Gasteiger partial charge is 0.482 e. The third-order valence-corrected chi connectivity index (χ3v) is 2.76. The summed E-state index contributed by atoms with van der Waals surface area (Å²) in [6, 6.07) is 3.70. The summed E-state index contributed by atoms with van der Waals surface area (Å²) in [5, 5.41) is 9.16. The van der Waals surface area contributed by atoms with Crippen LogP contribution in [-0.4, -0.2) is 41.7 Å². The second-order valence-electron chi connectivity index (χ2n) is 3.82.